The molecular formula is C6H5ClO3S. The molecule has 0 unspecified atom stereocenters. The molecule has 60 valence electrons. The molecular weight excluding hydrogens is 188 g/mol. The summed E-state index contributed by atoms with van der Waals surface area (Å²) in [7, 11) is 0. The Kier molecular flexibility index (Phi) is 2.36. The largest absolute Gasteiger partial charge is 0.512 e. The number of hydrogen-bond donors (Lipinski definition) is 1. The first-order chi connectivity index (χ1) is 5.09. The predicted octanol–water partition coefficient (Wildman–Crippen LogP) is 2.77. The molecule has 11 heavy (non-hydrogen) atoms. The summed E-state index contributed by atoms with van der Waals surface area (Å²) in [5, 5.41) is 9.05. The van der Waals surface area contributed by atoms with Crippen molar-refractivity contribution in [1.82, 2.24) is 0 Å². The Labute approximate surface area is 72.2 Å². The van der Waals surface area contributed by atoms with E-state index in [0.717, 1.165) is 4.88 Å². The molecule has 0 aliphatic carbocycles. The van der Waals surface area contributed by atoms with Crippen LogP contribution in [0.5, 0.6) is 5.06 Å². The van der Waals surface area contributed by atoms with Crippen LogP contribution in [0.1, 0.15) is 4.88 Å². The maximum absolute atomic E-state index is 10.0. The first-order valence-electron chi connectivity index (χ1n) is 2.76. The highest BCUT2D eigenvalue weighted by atomic mass is 35.5. The Hall–Kier alpha value is -0.740. The Bertz CT molecular complexity index is 262. The van der Waals surface area contributed by atoms with Crippen LogP contribution in [0.15, 0.2) is 6.07 Å². The van der Waals surface area contributed by atoms with Crippen molar-refractivity contribution in [2.75, 3.05) is 0 Å². The van der Waals surface area contributed by atoms with Gasteiger partial charge < -0.3 is 9.84 Å². The SMILES string of the molecule is Cc1sc(OC(=O)O)cc1Cl. The number of rotatable bonds is 1. The van der Waals surface area contributed by atoms with E-state index in [2.05, 4.69) is 4.74 Å². The first-order valence-corrected chi connectivity index (χ1v) is 3.96. The number of aryl methyl sites for hydroxylation is 1. The lowest BCUT2D eigenvalue weighted by atomic mass is 10.5. The Morgan fingerprint density at radius 2 is 2.45 bits per heavy atom. The van der Waals surface area contributed by atoms with Gasteiger partial charge in [0.15, 0.2) is 5.06 Å². The fourth-order valence-electron chi connectivity index (χ4n) is 0.571. The third kappa shape index (κ3) is 2.10. The highest BCUT2D eigenvalue weighted by Crippen LogP contribution is 2.31. The van der Waals surface area contributed by atoms with Crippen molar-refractivity contribution < 1.29 is 14.6 Å². The van der Waals surface area contributed by atoms with Crippen LogP contribution in [0.3, 0.4) is 0 Å². The Balaban J connectivity index is 2.81. The van der Waals surface area contributed by atoms with E-state index < -0.39 is 6.16 Å². The van der Waals surface area contributed by atoms with Crippen LogP contribution in [0.2, 0.25) is 5.02 Å². The van der Waals surface area contributed by atoms with Gasteiger partial charge in [-0.25, -0.2) is 4.79 Å². The molecule has 0 spiro atoms. The molecule has 0 aromatic carbocycles. The lowest BCUT2D eigenvalue weighted by molar-refractivity contribution is 0.146. The van der Waals surface area contributed by atoms with Gasteiger partial charge in [-0.3, -0.25) is 0 Å². The van der Waals surface area contributed by atoms with Crippen molar-refractivity contribution in [3.8, 4) is 5.06 Å². The molecule has 1 rings (SSSR count). The van der Waals surface area contributed by atoms with E-state index >= 15 is 0 Å². The zero-order chi connectivity index (χ0) is 8.43. The molecule has 0 bridgehead atoms. The topological polar surface area (TPSA) is 46.5 Å². The van der Waals surface area contributed by atoms with Gasteiger partial charge in [0.1, 0.15) is 0 Å². The van der Waals surface area contributed by atoms with Crippen LogP contribution in [0.25, 0.3) is 0 Å². The highest BCUT2D eigenvalue weighted by Gasteiger charge is 2.06. The molecule has 0 radical (unpaired) electrons. The second-order valence-electron chi connectivity index (χ2n) is 1.84. The van der Waals surface area contributed by atoms with Gasteiger partial charge in [0.2, 0.25) is 0 Å². The number of hydrogen-bond acceptors (Lipinski definition) is 3. The summed E-state index contributed by atoms with van der Waals surface area (Å²) >= 11 is 6.86. The van der Waals surface area contributed by atoms with E-state index in [1.807, 2.05) is 0 Å². The lowest BCUT2D eigenvalue weighted by Gasteiger charge is -1.90. The van der Waals surface area contributed by atoms with Gasteiger partial charge in [0, 0.05) is 10.9 Å². The Morgan fingerprint density at radius 1 is 1.82 bits per heavy atom. The van der Waals surface area contributed by atoms with Crippen LogP contribution in [-0.2, 0) is 0 Å². The number of carbonyl (C=O) groups is 1. The van der Waals surface area contributed by atoms with Crippen LogP contribution in [0, 0.1) is 6.92 Å². The summed E-state index contributed by atoms with van der Waals surface area (Å²) in [5.74, 6) is 0. The van der Waals surface area contributed by atoms with Gasteiger partial charge in [-0.2, -0.15) is 0 Å². The van der Waals surface area contributed by atoms with Crippen LogP contribution in [-0.4, -0.2) is 11.3 Å². The van der Waals surface area contributed by atoms with Crippen molar-refractivity contribution in [3.05, 3.63) is 16.0 Å². The zero-order valence-electron chi connectivity index (χ0n) is 5.63. The summed E-state index contributed by atoms with van der Waals surface area (Å²) in [4.78, 5) is 10.9. The van der Waals surface area contributed by atoms with Gasteiger partial charge >= 0.3 is 6.16 Å². The summed E-state index contributed by atoms with van der Waals surface area (Å²) in [6.45, 7) is 1.79. The maximum Gasteiger partial charge on any atom is 0.512 e. The minimum absolute atomic E-state index is 0.306. The molecule has 0 saturated carbocycles. The van der Waals surface area contributed by atoms with E-state index in [0.29, 0.717) is 10.1 Å². The van der Waals surface area contributed by atoms with E-state index in [1.165, 1.54) is 17.4 Å². The zero-order valence-corrected chi connectivity index (χ0v) is 7.20. The molecule has 5 heteroatoms. The second kappa shape index (κ2) is 3.11. The average Bonchev–Trinajstić information content (AvgIpc) is 2.10. The number of thiophene rings is 1. The maximum atomic E-state index is 10.0. The first kappa shape index (κ1) is 8.36. The highest BCUT2D eigenvalue weighted by molar-refractivity contribution is 7.14. The molecule has 0 aliphatic heterocycles. The standard InChI is InChI=1S/C6H5ClO3S/c1-3-4(7)2-5(11-3)10-6(8)9/h2H,1H3,(H,8,9). The summed E-state index contributed by atoms with van der Waals surface area (Å²) < 4.78 is 4.37. The fraction of sp³-hybridized carbons (Fsp3) is 0.167. The van der Waals surface area contributed by atoms with Crippen molar-refractivity contribution in [2.45, 2.75) is 6.92 Å². The van der Waals surface area contributed by atoms with Crippen molar-refractivity contribution in [2.24, 2.45) is 0 Å². The molecule has 1 N–H and O–H groups in total. The quantitative estimate of drug-likeness (QED) is 0.696. The van der Waals surface area contributed by atoms with Gasteiger partial charge in [-0.15, -0.1) is 11.3 Å². The molecule has 0 fully saturated rings. The van der Waals surface area contributed by atoms with Gasteiger partial charge in [0.05, 0.1) is 5.02 Å². The monoisotopic (exact) mass is 192 g/mol. The van der Waals surface area contributed by atoms with Crippen LogP contribution < -0.4 is 4.74 Å². The molecule has 0 atom stereocenters. The van der Waals surface area contributed by atoms with Crippen molar-refractivity contribution in [1.29, 1.82) is 0 Å². The molecule has 3 nitrogen and oxygen atoms in total. The van der Waals surface area contributed by atoms with E-state index in [-0.39, 0.29) is 0 Å². The summed E-state index contributed by atoms with van der Waals surface area (Å²) in [6.07, 6.45) is -1.32. The van der Waals surface area contributed by atoms with Crippen molar-refractivity contribution in [3.63, 3.8) is 0 Å². The lowest BCUT2D eigenvalue weighted by Crippen LogP contribution is -2.00. The molecule has 1 heterocycles. The van der Waals surface area contributed by atoms with Gasteiger partial charge in [0.25, 0.3) is 0 Å². The molecule has 1 aromatic heterocycles. The van der Waals surface area contributed by atoms with Crippen molar-refractivity contribution >= 4 is 29.1 Å². The fourth-order valence-corrected chi connectivity index (χ4v) is 1.60. The average molecular weight is 193 g/mol. The minimum atomic E-state index is -1.32. The summed E-state index contributed by atoms with van der Waals surface area (Å²) in [6, 6.07) is 1.48. The number of ether oxygens (including phenoxy) is 1. The third-order valence-corrected chi connectivity index (χ3v) is 2.46. The number of halogens is 1. The van der Waals surface area contributed by atoms with Crippen LogP contribution >= 0.6 is 22.9 Å². The van der Waals surface area contributed by atoms with E-state index in [4.69, 9.17) is 16.7 Å². The van der Waals surface area contributed by atoms with Crippen LogP contribution in [0.4, 0.5) is 4.79 Å². The number of carboxylic acid groups (broad SMARTS) is 1. The molecule has 0 amide bonds. The van der Waals surface area contributed by atoms with E-state index in [1.54, 1.807) is 6.92 Å². The normalized spacial score (nSPS) is 9.64. The van der Waals surface area contributed by atoms with E-state index in [9.17, 15) is 4.79 Å². The third-order valence-electron chi connectivity index (χ3n) is 1.02. The van der Waals surface area contributed by atoms with Gasteiger partial charge in [-0.05, 0) is 6.92 Å². The predicted molar refractivity (Wildman–Crippen MR) is 42.7 cm³/mol. The second-order valence-corrected chi connectivity index (χ2v) is 3.46. The Morgan fingerprint density at radius 3 is 2.82 bits per heavy atom. The van der Waals surface area contributed by atoms with Gasteiger partial charge in [-0.1, -0.05) is 11.6 Å². The summed E-state index contributed by atoms with van der Waals surface area (Å²) in [5.41, 5.74) is 0. The smallest absolute Gasteiger partial charge is 0.449 e. The molecule has 1 aromatic rings. The molecule has 0 saturated heterocycles. The minimum Gasteiger partial charge on any atom is -0.449 e. The molecule has 0 aliphatic rings.